The van der Waals surface area contributed by atoms with Gasteiger partial charge in [0, 0.05) is 5.69 Å². The van der Waals surface area contributed by atoms with E-state index in [2.05, 4.69) is 15.4 Å². The van der Waals surface area contributed by atoms with Gasteiger partial charge in [0.25, 0.3) is 0 Å². The maximum atomic E-state index is 11.6. The number of sulfonamides is 1. The first kappa shape index (κ1) is 15.0. The van der Waals surface area contributed by atoms with Gasteiger partial charge in [-0.05, 0) is 56.6 Å². The normalized spacial score (nSPS) is 15.1. The monoisotopic (exact) mass is 297 g/mol. The lowest BCUT2D eigenvalue weighted by Gasteiger charge is -2.07. The summed E-state index contributed by atoms with van der Waals surface area (Å²) in [5, 5.41) is 5.81. The summed E-state index contributed by atoms with van der Waals surface area (Å²) in [6.45, 7) is 1.15. The van der Waals surface area contributed by atoms with E-state index < -0.39 is 10.0 Å². The van der Waals surface area contributed by atoms with Crippen LogP contribution in [-0.2, 0) is 14.8 Å². The van der Waals surface area contributed by atoms with Crippen LogP contribution < -0.4 is 15.4 Å². The summed E-state index contributed by atoms with van der Waals surface area (Å²) >= 11 is 0. The lowest BCUT2D eigenvalue weighted by molar-refractivity contribution is -0.115. The molecule has 1 fully saturated rings. The smallest absolute Gasteiger partial charge is 0.240 e. The molecule has 0 aliphatic heterocycles. The molecule has 0 bridgehead atoms. The molecule has 1 aromatic carbocycles. The lowest BCUT2D eigenvalue weighted by Crippen LogP contribution is -2.29. The molecule has 0 radical (unpaired) electrons. The third-order valence-corrected chi connectivity index (χ3v) is 4.56. The third-order valence-electron chi connectivity index (χ3n) is 3.13. The number of amides is 1. The zero-order chi connectivity index (χ0) is 14.6. The van der Waals surface area contributed by atoms with Crippen molar-refractivity contribution in [2.45, 2.75) is 17.7 Å². The fourth-order valence-electron chi connectivity index (χ4n) is 1.75. The number of anilines is 1. The minimum Gasteiger partial charge on any atom is -0.325 e. The first-order valence-corrected chi connectivity index (χ1v) is 8.04. The van der Waals surface area contributed by atoms with Crippen molar-refractivity contribution < 1.29 is 13.2 Å². The number of hydrogen-bond donors (Lipinski definition) is 3. The van der Waals surface area contributed by atoms with Crippen molar-refractivity contribution in [1.82, 2.24) is 10.0 Å². The number of carbonyl (C=O) groups excluding carboxylic acids is 1. The van der Waals surface area contributed by atoms with E-state index in [4.69, 9.17) is 0 Å². The van der Waals surface area contributed by atoms with Crippen LogP contribution in [0.5, 0.6) is 0 Å². The van der Waals surface area contributed by atoms with Crippen LogP contribution in [0.3, 0.4) is 0 Å². The minimum atomic E-state index is -3.44. The number of nitrogens with one attached hydrogen (secondary N) is 3. The molecule has 1 aromatic rings. The molecule has 1 aliphatic rings. The van der Waals surface area contributed by atoms with Crippen LogP contribution in [0.2, 0.25) is 0 Å². The predicted octanol–water partition coefficient (Wildman–Crippen LogP) is 0.533. The highest BCUT2D eigenvalue weighted by Gasteiger charge is 2.20. The molecular formula is C13H19N3O3S. The van der Waals surface area contributed by atoms with E-state index in [1.54, 1.807) is 12.1 Å². The Hall–Kier alpha value is -1.44. The van der Waals surface area contributed by atoms with Gasteiger partial charge in [0.15, 0.2) is 0 Å². The zero-order valence-corrected chi connectivity index (χ0v) is 12.2. The summed E-state index contributed by atoms with van der Waals surface area (Å²) in [5.74, 6) is 0.601. The van der Waals surface area contributed by atoms with E-state index in [0.717, 1.165) is 12.5 Å². The molecule has 6 nitrogen and oxygen atoms in total. The van der Waals surface area contributed by atoms with E-state index in [-0.39, 0.29) is 17.3 Å². The number of benzene rings is 1. The van der Waals surface area contributed by atoms with Crippen molar-refractivity contribution >= 4 is 21.6 Å². The summed E-state index contributed by atoms with van der Waals surface area (Å²) in [5.41, 5.74) is 0.582. The fourth-order valence-corrected chi connectivity index (χ4v) is 2.48. The van der Waals surface area contributed by atoms with Crippen LogP contribution >= 0.6 is 0 Å². The van der Waals surface area contributed by atoms with E-state index in [1.807, 2.05) is 0 Å². The number of rotatable bonds is 7. The van der Waals surface area contributed by atoms with Gasteiger partial charge in [-0.25, -0.2) is 13.1 Å². The fraction of sp³-hybridized carbons (Fsp3) is 0.462. The first-order valence-electron chi connectivity index (χ1n) is 6.55. The topological polar surface area (TPSA) is 87.3 Å². The van der Waals surface area contributed by atoms with Crippen molar-refractivity contribution in [3.63, 3.8) is 0 Å². The highest BCUT2D eigenvalue weighted by Crippen LogP contribution is 2.27. The average molecular weight is 297 g/mol. The summed E-state index contributed by atoms with van der Waals surface area (Å²) in [6, 6.07) is 6.06. The summed E-state index contributed by atoms with van der Waals surface area (Å²) < 4.78 is 25.3. The number of carbonyl (C=O) groups is 1. The lowest BCUT2D eigenvalue weighted by atomic mass is 10.3. The maximum Gasteiger partial charge on any atom is 0.240 e. The second-order valence-corrected chi connectivity index (χ2v) is 6.74. The van der Waals surface area contributed by atoms with E-state index >= 15 is 0 Å². The molecule has 2 rings (SSSR count). The van der Waals surface area contributed by atoms with Crippen LogP contribution in [0.25, 0.3) is 0 Å². The Bertz CT molecular complexity index is 565. The average Bonchev–Trinajstić information content (AvgIpc) is 3.23. The molecular weight excluding hydrogens is 278 g/mol. The molecule has 110 valence electrons. The minimum absolute atomic E-state index is 0.130. The van der Waals surface area contributed by atoms with Gasteiger partial charge in [-0.3, -0.25) is 4.79 Å². The molecule has 0 atom stereocenters. The van der Waals surface area contributed by atoms with Gasteiger partial charge >= 0.3 is 0 Å². The number of hydrogen-bond acceptors (Lipinski definition) is 4. The van der Waals surface area contributed by atoms with Gasteiger partial charge in [0.1, 0.15) is 0 Å². The molecule has 1 aliphatic carbocycles. The first-order chi connectivity index (χ1) is 9.51. The van der Waals surface area contributed by atoms with Gasteiger partial charge in [0.2, 0.25) is 15.9 Å². The van der Waals surface area contributed by atoms with Crippen molar-refractivity contribution in [2.75, 3.05) is 25.5 Å². The summed E-state index contributed by atoms with van der Waals surface area (Å²) in [6.07, 6.45) is 2.49. The largest absolute Gasteiger partial charge is 0.325 e. The highest BCUT2D eigenvalue weighted by molar-refractivity contribution is 7.89. The van der Waals surface area contributed by atoms with E-state index in [0.29, 0.717) is 5.69 Å². The van der Waals surface area contributed by atoms with Crippen molar-refractivity contribution in [3.05, 3.63) is 24.3 Å². The Kier molecular flexibility index (Phi) is 4.74. The van der Waals surface area contributed by atoms with Crippen molar-refractivity contribution in [1.29, 1.82) is 0 Å². The second kappa shape index (κ2) is 6.34. The Morgan fingerprint density at radius 3 is 2.45 bits per heavy atom. The molecule has 3 N–H and O–H groups in total. The Labute approximate surface area is 119 Å². The van der Waals surface area contributed by atoms with E-state index in [1.165, 1.54) is 32.0 Å². The molecule has 0 spiro atoms. The van der Waals surface area contributed by atoms with Crippen molar-refractivity contribution in [2.24, 2.45) is 5.92 Å². The Morgan fingerprint density at radius 1 is 1.25 bits per heavy atom. The molecule has 0 heterocycles. The van der Waals surface area contributed by atoms with Crippen LogP contribution in [0.15, 0.2) is 29.2 Å². The Balaban J connectivity index is 1.84. The van der Waals surface area contributed by atoms with Gasteiger partial charge in [-0.1, -0.05) is 0 Å². The summed E-state index contributed by atoms with van der Waals surface area (Å²) in [4.78, 5) is 11.8. The third kappa shape index (κ3) is 4.29. The van der Waals surface area contributed by atoms with Crippen LogP contribution in [0.1, 0.15) is 12.8 Å². The standard InChI is InChI=1S/C13H19N3O3S/c1-14-20(18,19)12-6-4-11(5-7-12)16-13(17)9-15-8-10-2-3-10/h4-7,10,14-15H,2-3,8-9H2,1H3,(H,16,17). The summed E-state index contributed by atoms with van der Waals surface area (Å²) in [7, 11) is -2.08. The molecule has 1 saturated carbocycles. The van der Waals surface area contributed by atoms with Crippen LogP contribution in [0, 0.1) is 5.92 Å². The Morgan fingerprint density at radius 2 is 1.90 bits per heavy atom. The van der Waals surface area contributed by atoms with Gasteiger partial charge in [0.05, 0.1) is 11.4 Å². The van der Waals surface area contributed by atoms with E-state index in [9.17, 15) is 13.2 Å². The van der Waals surface area contributed by atoms with Crippen LogP contribution in [0.4, 0.5) is 5.69 Å². The predicted molar refractivity (Wildman–Crippen MR) is 76.9 cm³/mol. The quantitative estimate of drug-likeness (QED) is 0.685. The maximum absolute atomic E-state index is 11.6. The molecule has 0 aromatic heterocycles. The zero-order valence-electron chi connectivity index (χ0n) is 11.3. The second-order valence-electron chi connectivity index (χ2n) is 4.85. The van der Waals surface area contributed by atoms with Crippen LogP contribution in [-0.4, -0.2) is 34.5 Å². The van der Waals surface area contributed by atoms with Gasteiger partial charge < -0.3 is 10.6 Å². The van der Waals surface area contributed by atoms with Crippen molar-refractivity contribution in [3.8, 4) is 0 Å². The SMILES string of the molecule is CNS(=O)(=O)c1ccc(NC(=O)CNCC2CC2)cc1. The highest BCUT2D eigenvalue weighted by atomic mass is 32.2. The van der Waals surface area contributed by atoms with Gasteiger partial charge in [-0.2, -0.15) is 0 Å². The molecule has 1 amide bonds. The molecule has 0 unspecified atom stereocenters. The molecule has 0 saturated heterocycles. The molecule has 20 heavy (non-hydrogen) atoms. The molecule has 7 heteroatoms. The van der Waals surface area contributed by atoms with Gasteiger partial charge in [-0.15, -0.1) is 0 Å².